The molecule has 1 saturated heterocycles. The van der Waals surface area contributed by atoms with Crippen LogP contribution < -0.4 is 0 Å². The van der Waals surface area contributed by atoms with Crippen LogP contribution in [0.4, 0.5) is 0 Å². The maximum absolute atomic E-state index is 11.8. The van der Waals surface area contributed by atoms with Crippen LogP contribution >= 0.6 is 0 Å². The molecule has 2 rings (SSSR count). The smallest absolute Gasteiger partial charge is 0.341 e. The van der Waals surface area contributed by atoms with Crippen molar-refractivity contribution >= 4 is 5.97 Å². The number of ether oxygens (including phenoxy) is 3. The van der Waals surface area contributed by atoms with Crippen LogP contribution in [0, 0.1) is 0 Å². The molecular weight excluding hydrogens is 196 g/mol. The lowest BCUT2D eigenvalue weighted by Gasteiger charge is -2.33. The van der Waals surface area contributed by atoms with Gasteiger partial charge in [-0.2, -0.15) is 0 Å². The number of hydrogen-bond acceptors (Lipinski definition) is 4. The molecule has 1 atom stereocenters. The van der Waals surface area contributed by atoms with E-state index in [1.165, 1.54) is 0 Å². The minimum Gasteiger partial charge on any atom is -0.464 e. The van der Waals surface area contributed by atoms with Crippen molar-refractivity contribution in [3.05, 3.63) is 0 Å². The van der Waals surface area contributed by atoms with Gasteiger partial charge in [0.1, 0.15) is 5.60 Å². The maximum atomic E-state index is 11.8. The SMILES string of the molecule is CCOC(=O)C1(CC)OC12CC(OC)C2. The minimum atomic E-state index is -0.669. The normalized spacial score (nSPS) is 42.5. The van der Waals surface area contributed by atoms with Crippen LogP contribution in [0.2, 0.25) is 0 Å². The van der Waals surface area contributed by atoms with E-state index < -0.39 is 5.60 Å². The first-order chi connectivity index (χ1) is 7.14. The van der Waals surface area contributed by atoms with E-state index >= 15 is 0 Å². The zero-order chi connectivity index (χ0) is 11.1. The Morgan fingerprint density at radius 3 is 2.60 bits per heavy atom. The molecule has 4 heteroatoms. The summed E-state index contributed by atoms with van der Waals surface area (Å²) in [4.78, 5) is 11.8. The molecule has 15 heavy (non-hydrogen) atoms. The molecule has 1 aliphatic heterocycles. The fraction of sp³-hybridized carbons (Fsp3) is 0.909. The largest absolute Gasteiger partial charge is 0.464 e. The van der Waals surface area contributed by atoms with Crippen LogP contribution in [0.1, 0.15) is 33.1 Å². The zero-order valence-electron chi connectivity index (χ0n) is 9.54. The molecule has 1 aliphatic carbocycles. The lowest BCUT2D eigenvalue weighted by Crippen LogP contribution is -2.47. The molecule has 1 saturated carbocycles. The maximum Gasteiger partial charge on any atom is 0.341 e. The van der Waals surface area contributed by atoms with Gasteiger partial charge < -0.3 is 14.2 Å². The second kappa shape index (κ2) is 3.46. The second-order valence-corrected chi connectivity index (χ2v) is 4.26. The van der Waals surface area contributed by atoms with Crippen LogP contribution in [-0.4, -0.2) is 37.0 Å². The van der Waals surface area contributed by atoms with E-state index in [1.807, 2.05) is 13.8 Å². The summed E-state index contributed by atoms with van der Waals surface area (Å²) in [6, 6.07) is 0. The van der Waals surface area contributed by atoms with E-state index in [9.17, 15) is 4.79 Å². The molecule has 0 N–H and O–H groups in total. The fourth-order valence-electron chi connectivity index (χ4n) is 2.58. The zero-order valence-corrected chi connectivity index (χ0v) is 9.54. The van der Waals surface area contributed by atoms with E-state index in [2.05, 4.69) is 0 Å². The summed E-state index contributed by atoms with van der Waals surface area (Å²) < 4.78 is 15.9. The predicted octanol–water partition coefficient (Wildman–Crippen LogP) is 1.28. The topological polar surface area (TPSA) is 48.1 Å². The number of epoxide rings is 1. The molecule has 2 aliphatic rings. The van der Waals surface area contributed by atoms with Crippen molar-refractivity contribution < 1.29 is 19.0 Å². The fourth-order valence-corrected chi connectivity index (χ4v) is 2.58. The molecule has 86 valence electrons. The predicted molar refractivity (Wildman–Crippen MR) is 53.5 cm³/mol. The Hall–Kier alpha value is -0.610. The summed E-state index contributed by atoms with van der Waals surface area (Å²) in [5.74, 6) is -0.206. The van der Waals surface area contributed by atoms with Gasteiger partial charge in [-0.15, -0.1) is 0 Å². The number of esters is 1. The molecule has 0 aromatic rings. The first-order valence-corrected chi connectivity index (χ1v) is 5.54. The van der Waals surface area contributed by atoms with Gasteiger partial charge in [0.05, 0.1) is 12.7 Å². The third kappa shape index (κ3) is 1.31. The van der Waals surface area contributed by atoms with Crippen molar-refractivity contribution in [1.29, 1.82) is 0 Å². The number of carbonyl (C=O) groups excluding carboxylic acids is 1. The molecule has 0 aromatic carbocycles. The average molecular weight is 214 g/mol. The Morgan fingerprint density at radius 1 is 1.47 bits per heavy atom. The molecule has 1 heterocycles. The molecule has 0 aromatic heterocycles. The van der Waals surface area contributed by atoms with E-state index in [-0.39, 0.29) is 17.7 Å². The number of carbonyl (C=O) groups is 1. The third-order valence-electron chi connectivity index (χ3n) is 3.62. The minimum absolute atomic E-state index is 0.206. The first kappa shape index (κ1) is 10.9. The van der Waals surface area contributed by atoms with Gasteiger partial charge >= 0.3 is 5.97 Å². The highest BCUT2D eigenvalue weighted by Gasteiger charge is 2.78. The van der Waals surface area contributed by atoms with E-state index in [4.69, 9.17) is 14.2 Å². The van der Waals surface area contributed by atoms with Crippen LogP contribution in [-0.2, 0) is 19.0 Å². The quantitative estimate of drug-likeness (QED) is 0.522. The van der Waals surface area contributed by atoms with E-state index in [1.54, 1.807) is 7.11 Å². The lowest BCUT2D eigenvalue weighted by molar-refractivity contribution is -0.150. The van der Waals surface area contributed by atoms with Gasteiger partial charge in [0.15, 0.2) is 5.60 Å². The van der Waals surface area contributed by atoms with Crippen LogP contribution in [0.5, 0.6) is 0 Å². The van der Waals surface area contributed by atoms with Crippen LogP contribution in [0.3, 0.4) is 0 Å². The van der Waals surface area contributed by atoms with Crippen molar-refractivity contribution in [3.8, 4) is 0 Å². The Morgan fingerprint density at radius 2 is 2.13 bits per heavy atom. The second-order valence-electron chi connectivity index (χ2n) is 4.26. The van der Waals surface area contributed by atoms with Gasteiger partial charge in [-0.1, -0.05) is 6.92 Å². The van der Waals surface area contributed by atoms with Gasteiger partial charge in [0, 0.05) is 20.0 Å². The number of methoxy groups -OCH3 is 1. The molecule has 1 spiro atoms. The van der Waals surface area contributed by atoms with Crippen LogP contribution in [0.25, 0.3) is 0 Å². The monoisotopic (exact) mass is 214 g/mol. The highest BCUT2D eigenvalue weighted by atomic mass is 16.7. The summed E-state index contributed by atoms with van der Waals surface area (Å²) >= 11 is 0. The highest BCUT2D eigenvalue weighted by molar-refractivity contribution is 5.85. The van der Waals surface area contributed by atoms with E-state index in [0.717, 1.165) is 12.8 Å². The Balaban J connectivity index is 2.00. The molecule has 4 nitrogen and oxygen atoms in total. The van der Waals surface area contributed by atoms with Gasteiger partial charge in [0.2, 0.25) is 0 Å². The third-order valence-corrected chi connectivity index (χ3v) is 3.62. The van der Waals surface area contributed by atoms with Gasteiger partial charge in [-0.05, 0) is 13.3 Å². The average Bonchev–Trinajstić information content (AvgIpc) is 2.86. The number of hydrogen-bond donors (Lipinski definition) is 0. The Bertz CT molecular complexity index is 270. The first-order valence-electron chi connectivity index (χ1n) is 5.54. The van der Waals surface area contributed by atoms with Crippen LogP contribution in [0.15, 0.2) is 0 Å². The van der Waals surface area contributed by atoms with Crippen molar-refractivity contribution in [2.45, 2.75) is 50.4 Å². The van der Waals surface area contributed by atoms with Crippen molar-refractivity contribution in [2.75, 3.05) is 13.7 Å². The molecule has 0 amide bonds. The summed E-state index contributed by atoms with van der Waals surface area (Å²) in [6.45, 7) is 4.19. The summed E-state index contributed by atoms with van der Waals surface area (Å²) in [6.07, 6.45) is 2.56. The molecule has 0 radical (unpaired) electrons. The highest BCUT2D eigenvalue weighted by Crippen LogP contribution is 2.62. The molecule has 0 bridgehead atoms. The molecular formula is C11H18O4. The standard InChI is InChI=1S/C11H18O4/c1-4-11(9(12)14-5-2)10(15-11)6-8(7-10)13-3/h8H,4-7H2,1-3H3. The number of rotatable bonds is 4. The van der Waals surface area contributed by atoms with Gasteiger partial charge in [0.25, 0.3) is 0 Å². The summed E-state index contributed by atoms with van der Waals surface area (Å²) in [5.41, 5.74) is -0.938. The van der Waals surface area contributed by atoms with Crippen molar-refractivity contribution in [2.24, 2.45) is 0 Å². The van der Waals surface area contributed by atoms with Gasteiger partial charge in [-0.25, -0.2) is 4.79 Å². The summed E-state index contributed by atoms with van der Waals surface area (Å²) in [7, 11) is 1.69. The van der Waals surface area contributed by atoms with Gasteiger partial charge in [-0.3, -0.25) is 0 Å². The lowest BCUT2D eigenvalue weighted by atomic mass is 9.72. The van der Waals surface area contributed by atoms with Crippen molar-refractivity contribution in [1.82, 2.24) is 0 Å². The Kier molecular flexibility index (Phi) is 2.51. The van der Waals surface area contributed by atoms with Crippen molar-refractivity contribution in [3.63, 3.8) is 0 Å². The Labute approximate surface area is 89.9 Å². The molecule has 1 unspecified atom stereocenters. The molecule has 2 fully saturated rings. The summed E-state index contributed by atoms with van der Waals surface area (Å²) in [5, 5.41) is 0. The van der Waals surface area contributed by atoms with E-state index in [0.29, 0.717) is 13.0 Å².